The first-order valence-corrected chi connectivity index (χ1v) is 7.34. The van der Waals surface area contributed by atoms with Gasteiger partial charge in [0.2, 0.25) is 0 Å². The Morgan fingerprint density at radius 2 is 1.71 bits per heavy atom. The van der Waals surface area contributed by atoms with Gasteiger partial charge in [-0.25, -0.2) is 4.79 Å². The number of nitrogens with one attached hydrogen (secondary N) is 1. The number of hydrogen-bond donors (Lipinski definition) is 2. The molecule has 2 rings (SSSR count). The molecule has 2 N–H and O–H groups in total. The first kappa shape index (κ1) is 17.3. The summed E-state index contributed by atoms with van der Waals surface area (Å²) in [6.45, 7) is 0. The molecule has 2 aromatic rings. The van der Waals surface area contributed by atoms with Crippen LogP contribution in [0.4, 0.5) is 0 Å². The molecule has 2 aromatic carbocycles. The second-order valence-corrected chi connectivity index (χ2v) is 5.12. The van der Waals surface area contributed by atoms with Crippen molar-refractivity contribution in [3.8, 4) is 11.5 Å². The molecule has 1 atom stereocenters. The summed E-state index contributed by atoms with van der Waals surface area (Å²) in [5, 5.41) is 11.9. The number of methoxy groups -OCH3 is 2. The molecule has 0 aliphatic rings. The summed E-state index contributed by atoms with van der Waals surface area (Å²) >= 11 is 0. The van der Waals surface area contributed by atoms with Gasteiger partial charge < -0.3 is 19.9 Å². The number of benzene rings is 2. The number of carboxylic acid groups (broad SMARTS) is 1. The number of carbonyl (C=O) groups excluding carboxylic acids is 1. The minimum Gasteiger partial charge on any atom is -0.493 e. The zero-order valence-electron chi connectivity index (χ0n) is 13.5. The maximum absolute atomic E-state index is 12.3. The Balaban J connectivity index is 2.14. The molecular weight excluding hydrogens is 310 g/mol. The van der Waals surface area contributed by atoms with E-state index in [2.05, 4.69) is 5.32 Å². The van der Waals surface area contributed by atoms with E-state index >= 15 is 0 Å². The van der Waals surface area contributed by atoms with Crippen LogP contribution in [0, 0.1) is 0 Å². The third kappa shape index (κ3) is 4.25. The van der Waals surface area contributed by atoms with Crippen molar-refractivity contribution in [3.63, 3.8) is 0 Å². The molecule has 0 saturated heterocycles. The summed E-state index contributed by atoms with van der Waals surface area (Å²) in [5.41, 5.74) is 1.13. The quantitative estimate of drug-likeness (QED) is 0.813. The van der Waals surface area contributed by atoms with E-state index < -0.39 is 17.9 Å². The number of amides is 1. The SMILES string of the molecule is COc1ccc(C(=O)NC(Cc2ccccc2)C(=O)O)cc1OC. The van der Waals surface area contributed by atoms with Crippen LogP contribution in [0.3, 0.4) is 0 Å². The lowest BCUT2D eigenvalue weighted by Crippen LogP contribution is -2.42. The van der Waals surface area contributed by atoms with Crippen molar-refractivity contribution in [1.29, 1.82) is 0 Å². The van der Waals surface area contributed by atoms with Crippen LogP contribution in [0.2, 0.25) is 0 Å². The summed E-state index contributed by atoms with van der Waals surface area (Å²) in [4.78, 5) is 23.8. The van der Waals surface area contributed by atoms with Crippen LogP contribution in [-0.2, 0) is 11.2 Å². The highest BCUT2D eigenvalue weighted by molar-refractivity contribution is 5.97. The van der Waals surface area contributed by atoms with Crippen molar-refractivity contribution < 1.29 is 24.2 Å². The van der Waals surface area contributed by atoms with E-state index in [1.165, 1.54) is 20.3 Å². The lowest BCUT2D eigenvalue weighted by Gasteiger charge is -2.15. The van der Waals surface area contributed by atoms with Gasteiger partial charge in [0.1, 0.15) is 6.04 Å². The maximum atomic E-state index is 12.3. The number of carbonyl (C=O) groups is 2. The molecule has 0 bridgehead atoms. The number of rotatable bonds is 7. The van der Waals surface area contributed by atoms with Gasteiger partial charge in [-0.3, -0.25) is 4.79 Å². The van der Waals surface area contributed by atoms with Gasteiger partial charge in [-0.1, -0.05) is 30.3 Å². The molecule has 1 unspecified atom stereocenters. The van der Waals surface area contributed by atoms with Gasteiger partial charge in [0.15, 0.2) is 11.5 Å². The lowest BCUT2D eigenvalue weighted by molar-refractivity contribution is -0.139. The van der Waals surface area contributed by atoms with Crippen molar-refractivity contribution in [3.05, 3.63) is 59.7 Å². The zero-order chi connectivity index (χ0) is 17.5. The molecule has 0 saturated carbocycles. The van der Waals surface area contributed by atoms with E-state index in [0.29, 0.717) is 17.1 Å². The van der Waals surface area contributed by atoms with E-state index in [1.807, 2.05) is 30.3 Å². The molecular formula is C18H19NO5. The summed E-state index contributed by atoms with van der Waals surface area (Å²) < 4.78 is 10.3. The topological polar surface area (TPSA) is 84.9 Å². The lowest BCUT2D eigenvalue weighted by atomic mass is 10.1. The molecule has 0 aromatic heterocycles. The molecule has 0 fully saturated rings. The van der Waals surface area contributed by atoms with Crippen LogP contribution in [0.25, 0.3) is 0 Å². The summed E-state index contributed by atoms with van der Waals surface area (Å²) in [7, 11) is 2.97. The van der Waals surface area contributed by atoms with Crippen molar-refractivity contribution >= 4 is 11.9 Å². The number of carboxylic acids is 1. The van der Waals surface area contributed by atoms with Crippen molar-refractivity contribution in [1.82, 2.24) is 5.32 Å². The zero-order valence-corrected chi connectivity index (χ0v) is 13.5. The normalized spacial score (nSPS) is 11.4. The molecule has 6 heteroatoms. The Hall–Kier alpha value is -3.02. The van der Waals surface area contributed by atoms with Crippen molar-refractivity contribution in [2.45, 2.75) is 12.5 Å². The standard InChI is InChI=1S/C18H19NO5/c1-23-15-9-8-13(11-16(15)24-2)17(20)19-14(18(21)22)10-12-6-4-3-5-7-12/h3-9,11,14H,10H2,1-2H3,(H,19,20)(H,21,22). The molecule has 6 nitrogen and oxygen atoms in total. The van der Waals surface area contributed by atoms with Gasteiger partial charge >= 0.3 is 5.97 Å². The maximum Gasteiger partial charge on any atom is 0.326 e. The van der Waals surface area contributed by atoms with Crippen LogP contribution in [0.15, 0.2) is 48.5 Å². The monoisotopic (exact) mass is 329 g/mol. The van der Waals surface area contributed by atoms with Crippen LogP contribution in [0.5, 0.6) is 11.5 Å². The van der Waals surface area contributed by atoms with E-state index in [1.54, 1.807) is 12.1 Å². The average molecular weight is 329 g/mol. The molecule has 0 aliphatic heterocycles. The van der Waals surface area contributed by atoms with Gasteiger partial charge in [-0.2, -0.15) is 0 Å². The predicted octanol–water partition coefficient (Wildman–Crippen LogP) is 2.13. The van der Waals surface area contributed by atoms with E-state index in [9.17, 15) is 14.7 Å². The molecule has 0 spiro atoms. The highest BCUT2D eigenvalue weighted by atomic mass is 16.5. The van der Waals surface area contributed by atoms with Crippen molar-refractivity contribution in [2.24, 2.45) is 0 Å². The van der Waals surface area contributed by atoms with Gasteiger partial charge in [0, 0.05) is 12.0 Å². The smallest absolute Gasteiger partial charge is 0.326 e. The minimum absolute atomic E-state index is 0.204. The van der Waals surface area contributed by atoms with Crippen LogP contribution < -0.4 is 14.8 Å². The average Bonchev–Trinajstić information content (AvgIpc) is 2.61. The Bertz CT molecular complexity index is 715. The minimum atomic E-state index is -1.09. The van der Waals surface area contributed by atoms with E-state index in [0.717, 1.165) is 5.56 Å². The molecule has 126 valence electrons. The van der Waals surface area contributed by atoms with Crippen LogP contribution >= 0.6 is 0 Å². The predicted molar refractivity (Wildman–Crippen MR) is 88.6 cm³/mol. The first-order chi connectivity index (χ1) is 11.5. The molecule has 24 heavy (non-hydrogen) atoms. The number of hydrogen-bond acceptors (Lipinski definition) is 4. The van der Waals surface area contributed by atoms with Crippen molar-refractivity contribution in [2.75, 3.05) is 14.2 Å². The number of aliphatic carboxylic acids is 1. The van der Waals surface area contributed by atoms with E-state index in [-0.39, 0.29) is 6.42 Å². The summed E-state index contributed by atoms with van der Waals surface area (Å²) in [6.07, 6.45) is 0.204. The molecule has 1 amide bonds. The fourth-order valence-corrected chi connectivity index (χ4v) is 2.27. The highest BCUT2D eigenvalue weighted by Gasteiger charge is 2.21. The fourth-order valence-electron chi connectivity index (χ4n) is 2.27. The van der Waals surface area contributed by atoms with Gasteiger partial charge in [-0.15, -0.1) is 0 Å². The Labute approximate surface area is 140 Å². The van der Waals surface area contributed by atoms with Gasteiger partial charge in [-0.05, 0) is 23.8 Å². The molecule has 0 heterocycles. The number of ether oxygens (including phenoxy) is 2. The summed E-state index contributed by atoms with van der Waals surface area (Å²) in [6, 6.07) is 12.8. The third-order valence-electron chi connectivity index (χ3n) is 3.53. The van der Waals surface area contributed by atoms with Crippen LogP contribution in [0.1, 0.15) is 15.9 Å². The van der Waals surface area contributed by atoms with Crippen LogP contribution in [-0.4, -0.2) is 37.2 Å². The Kier molecular flexibility index (Phi) is 5.78. The third-order valence-corrected chi connectivity index (χ3v) is 3.53. The Morgan fingerprint density at radius 3 is 2.29 bits per heavy atom. The molecule has 0 aliphatic carbocycles. The largest absolute Gasteiger partial charge is 0.493 e. The highest BCUT2D eigenvalue weighted by Crippen LogP contribution is 2.27. The second kappa shape index (κ2) is 8.01. The second-order valence-electron chi connectivity index (χ2n) is 5.12. The summed E-state index contributed by atoms with van der Waals surface area (Å²) in [5.74, 6) is -0.680. The fraction of sp³-hybridized carbons (Fsp3) is 0.222. The van der Waals surface area contributed by atoms with E-state index in [4.69, 9.17) is 9.47 Å². The van der Waals surface area contributed by atoms with Gasteiger partial charge in [0.25, 0.3) is 5.91 Å². The first-order valence-electron chi connectivity index (χ1n) is 7.34. The Morgan fingerprint density at radius 1 is 1.04 bits per heavy atom. The van der Waals surface area contributed by atoms with Gasteiger partial charge in [0.05, 0.1) is 14.2 Å². The molecule has 0 radical (unpaired) electrons.